The summed E-state index contributed by atoms with van der Waals surface area (Å²) < 4.78 is 79.1. The lowest BCUT2D eigenvalue weighted by Gasteiger charge is -2.41. The number of amides is 2. The average Bonchev–Trinajstić information content (AvgIpc) is 2.88. The van der Waals surface area contributed by atoms with Crippen molar-refractivity contribution < 1.29 is 35.9 Å². The molecule has 0 unspecified atom stereocenters. The monoisotopic (exact) mass is 534 g/mol. The molecule has 0 N–H and O–H groups in total. The Balaban J connectivity index is 1.58. The Hall–Kier alpha value is -3.82. The van der Waals surface area contributed by atoms with Crippen molar-refractivity contribution in [1.29, 1.82) is 0 Å². The molecule has 4 rings (SSSR count). The number of halogens is 6. The molecule has 4 nitrogen and oxygen atoms in total. The van der Waals surface area contributed by atoms with Crippen molar-refractivity contribution in [1.82, 2.24) is 9.80 Å². The lowest BCUT2D eigenvalue weighted by atomic mass is 9.99. The minimum absolute atomic E-state index is 0.0343. The summed E-state index contributed by atoms with van der Waals surface area (Å²) in [7, 11) is 0. The zero-order valence-corrected chi connectivity index (χ0v) is 20.1. The highest BCUT2D eigenvalue weighted by Crippen LogP contribution is 2.31. The fourth-order valence-electron chi connectivity index (χ4n) is 4.53. The molecule has 0 saturated carbocycles. The van der Waals surface area contributed by atoms with Crippen LogP contribution in [0.5, 0.6) is 0 Å². The van der Waals surface area contributed by atoms with Crippen molar-refractivity contribution in [2.75, 3.05) is 13.1 Å². The zero-order valence-electron chi connectivity index (χ0n) is 20.1. The van der Waals surface area contributed by atoms with Crippen LogP contribution in [-0.2, 0) is 30.1 Å². The topological polar surface area (TPSA) is 40.6 Å². The smallest absolute Gasteiger partial charge is 0.332 e. The maximum atomic E-state index is 13.2. The van der Waals surface area contributed by atoms with Gasteiger partial charge in [-0.15, -0.1) is 0 Å². The molecule has 0 aliphatic carbocycles. The van der Waals surface area contributed by atoms with E-state index in [1.165, 1.54) is 28.0 Å². The zero-order chi connectivity index (χ0) is 27.5. The summed E-state index contributed by atoms with van der Waals surface area (Å²) in [6.45, 7) is -0.448. The summed E-state index contributed by atoms with van der Waals surface area (Å²) in [5, 5.41) is 0. The van der Waals surface area contributed by atoms with Gasteiger partial charge in [0.25, 0.3) is 5.91 Å². The van der Waals surface area contributed by atoms with Crippen LogP contribution in [0.4, 0.5) is 26.3 Å². The molecule has 3 aromatic carbocycles. The Morgan fingerprint density at radius 1 is 0.789 bits per heavy atom. The van der Waals surface area contributed by atoms with Crippen LogP contribution in [0.2, 0.25) is 0 Å². The molecule has 2 amide bonds. The van der Waals surface area contributed by atoms with E-state index in [0.717, 1.165) is 35.9 Å². The SMILES string of the molecule is O=C(c1cccc(C(F)(F)F)c1)N1CC(=O)N(Cc2cccc(C(F)(F)F)c2)[C@@H](CCc2ccccc2)C1. The Bertz CT molecular complexity index is 1290. The van der Waals surface area contributed by atoms with Crippen LogP contribution in [0.3, 0.4) is 0 Å². The first-order valence-corrected chi connectivity index (χ1v) is 11.9. The minimum Gasteiger partial charge on any atom is -0.332 e. The molecule has 0 aromatic heterocycles. The molecule has 1 saturated heterocycles. The lowest BCUT2D eigenvalue weighted by molar-refractivity contribution is -0.140. The Morgan fingerprint density at radius 3 is 2.05 bits per heavy atom. The second-order valence-electron chi connectivity index (χ2n) is 9.16. The molecule has 3 aromatic rings. The first-order valence-electron chi connectivity index (χ1n) is 11.9. The minimum atomic E-state index is -4.63. The third kappa shape index (κ3) is 6.54. The molecule has 1 fully saturated rings. The van der Waals surface area contributed by atoms with Crippen LogP contribution in [0.25, 0.3) is 0 Å². The average molecular weight is 535 g/mol. The standard InChI is InChI=1S/C28H24F6N2O2/c29-27(30,31)22-10-4-8-20(14-22)16-36-24(13-12-19-6-2-1-3-7-19)17-35(18-25(36)37)26(38)21-9-5-11-23(15-21)28(32,33)34/h1-11,14-15,24H,12-13,16-18H2/t24-/m0/s1. The van der Waals surface area contributed by atoms with Gasteiger partial charge in [0.15, 0.2) is 0 Å². The molecule has 38 heavy (non-hydrogen) atoms. The van der Waals surface area contributed by atoms with Crippen molar-refractivity contribution in [2.24, 2.45) is 0 Å². The number of aryl methyl sites for hydroxylation is 1. The van der Waals surface area contributed by atoms with E-state index in [-0.39, 0.29) is 24.2 Å². The van der Waals surface area contributed by atoms with Gasteiger partial charge in [-0.3, -0.25) is 9.59 Å². The molecule has 1 aliphatic rings. The molecule has 0 bridgehead atoms. The number of carbonyl (C=O) groups is 2. The highest BCUT2D eigenvalue weighted by Gasteiger charge is 2.37. The van der Waals surface area contributed by atoms with Gasteiger partial charge in [0.2, 0.25) is 5.91 Å². The van der Waals surface area contributed by atoms with Crippen molar-refractivity contribution in [3.63, 3.8) is 0 Å². The quantitative estimate of drug-likeness (QED) is 0.353. The number of benzene rings is 3. The molecule has 200 valence electrons. The molecule has 0 radical (unpaired) electrons. The second-order valence-corrected chi connectivity index (χ2v) is 9.16. The first-order chi connectivity index (χ1) is 17.9. The molecular formula is C28H24F6N2O2. The molecule has 10 heteroatoms. The third-order valence-corrected chi connectivity index (χ3v) is 6.46. The largest absolute Gasteiger partial charge is 0.416 e. The van der Waals surface area contributed by atoms with E-state index >= 15 is 0 Å². The Morgan fingerprint density at radius 2 is 1.39 bits per heavy atom. The number of carbonyl (C=O) groups excluding carboxylic acids is 2. The number of piperazine rings is 1. The van der Waals surface area contributed by atoms with Gasteiger partial charge in [0.05, 0.1) is 17.2 Å². The number of alkyl halides is 6. The van der Waals surface area contributed by atoms with Gasteiger partial charge in [-0.1, -0.05) is 48.5 Å². The predicted octanol–water partition coefficient (Wildman–Crippen LogP) is 6.21. The Labute approximate surface area is 215 Å². The Kier molecular flexibility index (Phi) is 7.80. The second kappa shape index (κ2) is 10.9. The summed E-state index contributed by atoms with van der Waals surface area (Å²) in [5.74, 6) is -1.21. The molecular weight excluding hydrogens is 510 g/mol. The van der Waals surface area contributed by atoms with Gasteiger partial charge in [-0.2, -0.15) is 26.3 Å². The summed E-state index contributed by atoms with van der Waals surface area (Å²) >= 11 is 0. The summed E-state index contributed by atoms with van der Waals surface area (Å²) in [6, 6.07) is 17.5. The maximum absolute atomic E-state index is 13.2. The van der Waals surface area contributed by atoms with Crippen LogP contribution in [-0.4, -0.2) is 40.7 Å². The van der Waals surface area contributed by atoms with Crippen LogP contribution in [0, 0.1) is 0 Å². The van der Waals surface area contributed by atoms with Crippen molar-refractivity contribution in [2.45, 2.75) is 37.8 Å². The van der Waals surface area contributed by atoms with Gasteiger partial charge >= 0.3 is 12.4 Å². The van der Waals surface area contributed by atoms with E-state index in [1.54, 1.807) is 0 Å². The van der Waals surface area contributed by atoms with E-state index in [9.17, 15) is 35.9 Å². The highest BCUT2D eigenvalue weighted by atomic mass is 19.4. The summed E-state index contributed by atoms with van der Waals surface area (Å²) in [4.78, 5) is 29.0. The normalized spacial score (nSPS) is 16.6. The fraction of sp³-hybridized carbons (Fsp3) is 0.286. The maximum Gasteiger partial charge on any atom is 0.416 e. The molecule has 1 aliphatic heterocycles. The number of hydrogen-bond acceptors (Lipinski definition) is 2. The van der Waals surface area contributed by atoms with Crippen LogP contribution in [0.15, 0.2) is 78.9 Å². The molecule has 1 heterocycles. The molecule has 1 atom stereocenters. The van der Waals surface area contributed by atoms with Crippen molar-refractivity contribution in [3.8, 4) is 0 Å². The van der Waals surface area contributed by atoms with E-state index in [4.69, 9.17) is 0 Å². The van der Waals surface area contributed by atoms with E-state index in [1.807, 2.05) is 30.3 Å². The number of rotatable bonds is 6. The fourth-order valence-corrected chi connectivity index (χ4v) is 4.53. The highest BCUT2D eigenvalue weighted by molar-refractivity contribution is 5.97. The van der Waals surface area contributed by atoms with Gasteiger partial charge in [0, 0.05) is 18.7 Å². The van der Waals surface area contributed by atoms with Crippen LogP contribution < -0.4 is 0 Å². The summed E-state index contributed by atoms with van der Waals surface area (Å²) in [5.41, 5.74) is -0.739. The van der Waals surface area contributed by atoms with Gasteiger partial charge in [-0.05, 0) is 54.3 Å². The van der Waals surface area contributed by atoms with Crippen LogP contribution in [0.1, 0.15) is 39.0 Å². The number of nitrogens with zero attached hydrogens (tertiary/aromatic N) is 2. The predicted molar refractivity (Wildman–Crippen MR) is 128 cm³/mol. The van der Waals surface area contributed by atoms with Gasteiger partial charge in [0.1, 0.15) is 6.54 Å². The van der Waals surface area contributed by atoms with Gasteiger partial charge < -0.3 is 9.80 Å². The van der Waals surface area contributed by atoms with Gasteiger partial charge in [-0.25, -0.2) is 0 Å². The van der Waals surface area contributed by atoms with Crippen molar-refractivity contribution >= 4 is 11.8 Å². The number of hydrogen-bond donors (Lipinski definition) is 0. The summed E-state index contributed by atoms with van der Waals surface area (Å²) in [6.07, 6.45) is -8.23. The molecule has 0 spiro atoms. The first kappa shape index (κ1) is 27.2. The van der Waals surface area contributed by atoms with E-state index < -0.39 is 47.9 Å². The van der Waals surface area contributed by atoms with Crippen LogP contribution >= 0.6 is 0 Å². The van der Waals surface area contributed by atoms with E-state index in [2.05, 4.69) is 0 Å². The van der Waals surface area contributed by atoms with Crippen molar-refractivity contribution in [3.05, 3.63) is 107 Å². The third-order valence-electron chi connectivity index (χ3n) is 6.46. The van der Waals surface area contributed by atoms with E-state index in [0.29, 0.717) is 12.8 Å². The lowest BCUT2D eigenvalue weighted by Crippen LogP contribution is -2.57.